The van der Waals surface area contributed by atoms with Crippen LogP contribution in [-0.4, -0.2) is 21.3 Å². The minimum Gasteiger partial charge on any atom is -0.370 e. The van der Waals surface area contributed by atoms with E-state index in [2.05, 4.69) is 15.4 Å². The lowest BCUT2D eigenvalue weighted by atomic mass is 10.0. The average molecular weight is 312 g/mol. The second-order valence-electron chi connectivity index (χ2n) is 5.45. The number of halogens is 2. The summed E-state index contributed by atoms with van der Waals surface area (Å²) in [6.45, 7) is 1.64. The fourth-order valence-electron chi connectivity index (χ4n) is 2.88. The Labute approximate surface area is 131 Å². The zero-order valence-electron chi connectivity index (χ0n) is 12.3. The summed E-state index contributed by atoms with van der Waals surface area (Å²) >= 11 is 0. The Morgan fingerprint density at radius 1 is 1.04 bits per heavy atom. The Hall–Kier alpha value is -2.76. The van der Waals surface area contributed by atoms with Crippen LogP contribution in [-0.2, 0) is 6.54 Å². The van der Waals surface area contributed by atoms with Gasteiger partial charge in [-0.1, -0.05) is 0 Å². The number of aromatic nitrogens is 3. The van der Waals surface area contributed by atoms with Gasteiger partial charge in [0.15, 0.2) is 0 Å². The number of hydrogen-bond donors (Lipinski definition) is 1. The van der Waals surface area contributed by atoms with Crippen molar-refractivity contribution in [2.75, 3.05) is 11.9 Å². The zero-order chi connectivity index (χ0) is 15.8. The summed E-state index contributed by atoms with van der Waals surface area (Å²) in [7, 11) is 0. The normalized spacial score (nSPS) is 13.5. The number of anilines is 1. The number of nitrogens with zero attached hydrogens (tertiary/aromatic N) is 3. The van der Waals surface area contributed by atoms with E-state index in [9.17, 15) is 8.78 Å². The highest BCUT2D eigenvalue weighted by atomic mass is 19.1. The molecule has 0 amide bonds. The summed E-state index contributed by atoms with van der Waals surface area (Å²) in [5.74, 6) is 0.0249. The van der Waals surface area contributed by atoms with Gasteiger partial charge in [0.1, 0.15) is 17.3 Å². The molecule has 0 saturated carbocycles. The van der Waals surface area contributed by atoms with E-state index in [1.54, 1.807) is 18.2 Å². The van der Waals surface area contributed by atoms with Crippen LogP contribution in [0.1, 0.15) is 6.42 Å². The van der Waals surface area contributed by atoms with E-state index >= 15 is 0 Å². The molecule has 0 radical (unpaired) electrons. The number of nitrogens with one attached hydrogen (secondary N) is 1. The molecule has 4 nitrogen and oxygen atoms in total. The Balaban J connectivity index is 1.95. The molecule has 0 saturated heterocycles. The highest BCUT2D eigenvalue weighted by molar-refractivity contribution is 5.89. The van der Waals surface area contributed by atoms with Crippen LogP contribution in [0.2, 0.25) is 0 Å². The average Bonchev–Trinajstić information content (AvgIpc) is 2.95. The predicted octanol–water partition coefficient (Wildman–Crippen LogP) is 3.71. The van der Waals surface area contributed by atoms with Gasteiger partial charge in [0.05, 0.1) is 5.56 Å². The van der Waals surface area contributed by atoms with Crippen LogP contribution in [0, 0.1) is 11.8 Å². The third-order valence-corrected chi connectivity index (χ3v) is 3.92. The smallest absolute Gasteiger partial charge is 0.213 e. The summed E-state index contributed by atoms with van der Waals surface area (Å²) in [5, 5.41) is 7.98. The van der Waals surface area contributed by atoms with Crippen LogP contribution >= 0.6 is 0 Å². The molecule has 0 unspecified atom stereocenters. The molecular weight excluding hydrogens is 298 g/mol. The lowest BCUT2D eigenvalue weighted by Crippen LogP contribution is -2.17. The summed E-state index contributed by atoms with van der Waals surface area (Å²) in [5.41, 5.74) is 3.02. The third kappa shape index (κ3) is 2.46. The fourth-order valence-corrected chi connectivity index (χ4v) is 2.88. The van der Waals surface area contributed by atoms with Gasteiger partial charge in [-0.2, -0.15) is 9.49 Å². The summed E-state index contributed by atoms with van der Waals surface area (Å²) in [4.78, 5) is 3.61. The van der Waals surface area contributed by atoms with E-state index in [1.165, 1.54) is 24.4 Å². The SMILES string of the molecule is Fc1ccc(-c2nn3c(c2-c2ccnc(F)c2)NCCC3)cc1. The van der Waals surface area contributed by atoms with Crippen molar-refractivity contribution in [1.82, 2.24) is 14.8 Å². The van der Waals surface area contributed by atoms with E-state index in [0.29, 0.717) is 11.3 Å². The second-order valence-corrected chi connectivity index (χ2v) is 5.45. The van der Waals surface area contributed by atoms with Crippen LogP contribution in [0.5, 0.6) is 0 Å². The van der Waals surface area contributed by atoms with Crippen molar-refractivity contribution in [2.24, 2.45) is 0 Å². The van der Waals surface area contributed by atoms with Gasteiger partial charge in [-0.3, -0.25) is 0 Å². The first-order valence-electron chi connectivity index (χ1n) is 7.45. The Bertz CT molecular complexity index is 856. The molecule has 0 bridgehead atoms. The van der Waals surface area contributed by atoms with Gasteiger partial charge in [0, 0.05) is 30.9 Å². The number of hydrogen-bond acceptors (Lipinski definition) is 3. The van der Waals surface area contributed by atoms with Crippen molar-refractivity contribution in [1.29, 1.82) is 0 Å². The van der Waals surface area contributed by atoms with Gasteiger partial charge in [0.25, 0.3) is 0 Å². The zero-order valence-corrected chi connectivity index (χ0v) is 12.3. The molecule has 1 aliphatic rings. The topological polar surface area (TPSA) is 42.7 Å². The molecule has 23 heavy (non-hydrogen) atoms. The molecule has 3 aromatic rings. The molecule has 3 heterocycles. The maximum Gasteiger partial charge on any atom is 0.213 e. The number of aryl methyl sites for hydroxylation is 1. The number of rotatable bonds is 2. The summed E-state index contributed by atoms with van der Waals surface area (Å²) in [6, 6.07) is 9.32. The van der Waals surface area contributed by atoms with E-state index < -0.39 is 5.95 Å². The number of fused-ring (bicyclic) bond motifs is 1. The molecule has 4 rings (SSSR count). The first-order chi connectivity index (χ1) is 11.2. The van der Waals surface area contributed by atoms with Crippen LogP contribution < -0.4 is 5.32 Å². The molecule has 1 aromatic carbocycles. The molecule has 0 atom stereocenters. The summed E-state index contributed by atoms with van der Waals surface area (Å²) in [6.07, 6.45) is 2.41. The molecule has 0 spiro atoms. The van der Waals surface area contributed by atoms with Crippen LogP contribution in [0.25, 0.3) is 22.4 Å². The number of pyridine rings is 1. The van der Waals surface area contributed by atoms with Gasteiger partial charge in [-0.05, 0) is 42.3 Å². The van der Waals surface area contributed by atoms with Gasteiger partial charge < -0.3 is 5.32 Å². The lowest BCUT2D eigenvalue weighted by molar-refractivity contribution is 0.569. The van der Waals surface area contributed by atoms with Crippen LogP contribution in [0.15, 0.2) is 42.6 Å². The standard InChI is InChI=1S/C17H14F2N4/c18-13-4-2-11(3-5-13)16-15(12-6-8-20-14(19)10-12)17-21-7-1-9-23(17)22-16/h2-6,8,10,21H,1,7,9H2. The minimum absolute atomic E-state index is 0.299. The molecule has 2 aromatic heterocycles. The molecule has 116 valence electrons. The van der Waals surface area contributed by atoms with Crippen molar-refractivity contribution in [3.8, 4) is 22.4 Å². The lowest BCUT2D eigenvalue weighted by Gasteiger charge is -2.17. The van der Waals surface area contributed by atoms with Crippen molar-refractivity contribution in [3.63, 3.8) is 0 Å². The van der Waals surface area contributed by atoms with E-state index in [4.69, 9.17) is 0 Å². The van der Waals surface area contributed by atoms with Crippen molar-refractivity contribution in [2.45, 2.75) is 13.0 Å². The van der Waals surface area contributed by atoms with Crippen LogP contribution in [0.4, 0.5) is 14.6 Å². The fraction of sp³-hybridized carbons (Fsp3) is 0.176. The van der Waals surface area contributed by atoms with Gasteiger partial charge in [-0.25, -0.2) is 14.1 Å². The predicted molar refractivity (Wildman–Crippen MR) is 83.9 cm³/mol. The highest BCUT2D eigenvalue weighted by Crippen LogP contribution is 2.38. The largest absolute Gasteiger partial charge is 0.370 e. The van der Waals surface area contributed by atoms with Gasteiger partial charge in [-0.15, -0.1) is 0 Å². The van der Waals surface area contributed by atoms with E-state index in [0.717, 1.165) is 36.5 Å². The Kier molecular flexibility index (Phi) is 3.29. The molecule has 1 N–H and O–H groups in total. The quantitative estimate of drug-likeness (QED) is 0.734. The van der Waals surface area contributed by atoms with Gasteiger partial charge >= 0.3 is 0 Å². The maximum atomic E-state index is 13.6. The third-order valence-electron chi connectivity index (χ3n) is 3.92. The van der Waals surface area contributed by atoms with E-state index in [1.807, 2.05) is 4.68 Å². The molecule has 6 heteroatoms. The Morgan fingerprint density at radius 3 is 2.65 bits per heavy atom. The maximum absolute atomic E-state index is 13.6. The van der Waals surface area contributed by atoms with Crippen molar-refractivity contribution < 1.29 is 8.78 Å². The van der Waals surface area contributed by atoms with Crippen molar-refractivity contribution in [3.05, 3.63) is 54.4 Å². The molecule has 1 aliphatic heterocycles. The Morgan fingerprint density at radius 2 is 1.87 bits per heavy atom. The van der Waals surface area contributed by atoms with E-state index in [-0.39, 0.29) is 5.82 Å². The molecular formula is C17H14F2N4. The first kappa shape index (κ1) is 13.9. The first-order valence-corrected chi connectivity index (χ1v) is 7.45. The van der Waals surface area contributed by atoms with Gasteiger partial charge in [0.2, 0.25) is 5.95 Å². The molecule has 0 fully saturated rings. The van der Waals surface area contributed by atoms with Crippen LogP contribution in [0.3, 0.4) is 0 Å². The highest BCUT2D eigenvalue weighted by Gasteiger charge is 2.23. The number of benzene rings is 1. The summed E-state index contributed by atoms with van der Waals surface area (Å²) < 4.78 is 28.7. The minimum atomic E-state index is -0.539. The van der Waals surface area contributed by atoms with Crippen molar-refractivity contribution >= 4 is 5.82 Å². The monoisotopic (exact) mass is 312 g/mol. The molecule has 0 aliphatic carbocycles. The second kappa shape index (κ2) is 5.46.